The van der Waals surface area contributed by atoms with Crippen LogP contribution in [0.5, 0.6) is 0 Å². The highest BCUT2D eigenvalue weighted by atomic mass is 19.1. The van der Waals surface area contributed by atoms with E-state index in [-0.39, 0.29) is 17.1 Å². The quantitative estimate of drug-likeness (QED) is 0.571. The van der Waals surface area contributed by atoms with Gasteiger partial charge in [0.2, 0.25) is 0 Å². The standard InChI is InChI=1S/C24H27FN4O.C2H6/c1-3-11-21(29-14-9-6-10-15-29)20(4-2)27-24(30)23-19(26)16-18(25)22(28-23)17-12-7-5-8-13-17;1-2/h3-5,7-8,11-13,16H,2,6,9-10,14-15,26H2,1H3,(H,27,30);1-2H3/b11-3-,21-20-;. The van der Waals surface area contributed by atoms with Gasteiger partial charge in [-0.2, -0.15) is 0 Å². The van der Waals surface area contributed by atoms with E-state index in [1.807, 2.05) is 39.0 Å². The molecule has 5 nitrogen and oxygen atoms in total. The summed E-state index contributed by atoms with van der Waals surface area (Å²) < 4.78 is 14.5. The number of rotatable bonds is 6. The third-order valence-corrected chi connectivity index (χ3v) is 5.02. The summed E-state index contributed by atoms with van der Waals surface area (Å²) in [4.78, 5) is 19.5. The zero-order valence-corrected chi connectivity index (χ0v) is 19.2. The zero-order chi connectivity index (χ0) is 23.5. The molecular weight excluding hydrogens is 403 g/mol. The van der Waals surface area contributed by atoms with Gasteiger partial charge in [-0.3, -0.25) is 4.79 Å². The van der Waals surface area contributed by atoms with E-state index < -0.39 is 11.7 Å². The number of nitrogen functional groups attached to an aromatic ring is 1. The first-order valence-corrected chi connectivity index (χ1v) is 11.1. The number of anilines is 1. The molecule has 1 fully saturated rings. The average Bonchev–Trinajstić information content (AvgIpc) is 2.83. The van der Waals surface area contributed by atoms with Gasteiger partial charge in [-0.15, -0.1) is 0 Å². The van der Waals surface area contributed by atoms with Crippen LogP contribution in [0.15, 0.2) is 72.6 Å². The van der Waals surface area contributed by atoms with Gasteiger partial charge in [-0.25, -0.2) is 9.37 Å². The van der Waals surface area contributed by atoms with Gasteiger partial charge >= 0.3 is 0 Å². The largest absolute Gasteiger partial charge is 0.397 e. The van der Waals surface area contributed by atoms with Crippen LogP contribution in [-0.2, 0) is 0 Å². The second kappa shape index (κ2) is 12.4. The van der Waals surface area contributed by atoms with E-state index in [1.165, 1.54) is 6.42 Å². The highest BCUT2D eigenvalue weighted by molar-refractivity contribution is 5.99. The van der Waals surface area contributed by atoms with Crippen molar-refractivity contribution in [1.29, 1.82) is 0 Å². The first-order valence-electron chi connectivity index (χ1n) is 11.1. The van der Waals surface area contributed by atoms with Gasteiger partial charge in [-0.05, 0) is 38.3 Å². The Kier molecular flexibility index (Phi) is 9.67. The molecule has 1 aliphatic rings. The maximum Gasteiger partial charge on any atom is 0.276 e. The Morgan fingerprint density at radius 3 is 2.44 bits per heavy atom. The first kappa shape index (κ1) is 24.9. The number of carbonyl (C=O) groups is 1. The van der Waals surface area contributed by atoms with E-state index in [9.17, 15) is 9.18 Å². The zero-order valence-electron chi connectivity index (χ0n) is 19.2. The van der Waals surface area contributed by atoms with Gasteiger partial charge < -0.3 is 16.0 Å². The number of amides is 1. The molecule has 1 aromatic carbocycles. The number of benzene rings is 1. The molecule has 3 N–H and O–H groups in total. The summed E-state index contributed by atoms with van der Waals surface area (Å²) in [7, 11) is 0. The smallest absolute Gasteiger partial charge is 0.276 e. The maximum absolute atomic E-state index is 14.5. The van der Waals surface area contributed by atoms with Crippen LogP contribution >= 0.6 is 0 Å². The average molecular weight is 437 g/mol. The number of pyridine rings is 1. The van der Waals surface area contributed by atoms with Crippen molar-refractivity contribution < 1.29 is 9.18 Å². The second-order valence-electron chi connectivity index (χ2n) is 7.13. The van der Waals surface area contributed by atoms with Gasteiger partial charge in [0.25, 0.3) is 5.91 Å². The van der Waals surface area contributed by atoms with E-state index >= 15 is 0 Å². The number of nitrogens with one attached hydrogen (secondary N) is 1. The Balaban J connectivity index is 0.00000176. The van der Waals surface area contributed by atoms with E-state index in [0.29, 0.717) is 11.3 Å². The molecule has 0 unspecified atom stereocenters. The lowest BCUT2D eigenvalue weighted by Gasteiger charge is -2.31. The van der Waals surface area contributed by atoms with Crippen molar-refractivity contribution in [3.05, 3.63) is 84.1 Å². The molecule has 0 spiro atoms. The molecule has 32 heavy (non-hydrogen) atoms. The molecule has 1 amide bonds. The van der Waals surface area contributed by atoms with Crippen molar-refractivity contribution in [3.63, 3.8) is 0 Å². The number of hydrogen-bond donors (Lipinski definition) is 2. The van der Waals surface area contributed by atoms with Gasteiger partial charge in [0, 0.05) is 24.7 Å². The first-order chi connectivity index (χ1) is 15.5. The van der Waals surface area contributed by atoms with E-state index in [4.69, 9.17) is 5.73 Å². The molecule has 2 heterocycles. The Hall–Kier alpha value is -3.41. The summed E-state index contributed by atoms with van der Waals surface area (Å²) >= 11 is 0. The summed E-state index contributed by atoms with van der Waals surface area (Å²) in [5.74, 6) is -1.07. The van der Waals surface area contributed by atoms with Gasteiger partial charge in [0.1, 0.15) is 5.69 Å². The van der Waals surface area contributed by atoms with Gasteiger partial charge in [-0.1, -0.05) is 56.8 Å². The number of likely N-dealkylation sites (tertiary alicyclic amines) is 1. The number of halogens is 1. The molecular formula is C26H33FN4O. The Morgan fingerprint density at radius 2 is 1.84 bits per heavy atom. The topological polar surface area (TPSA) is 71.2 Å². The number of hydrogen-bond acceptors (Lipinski definition) is 4. The molecule has 3 rings (SSSR count). The van der Waals surface area contributed by atoms with Crippen LogP contribution < -0.4 is 11.1 Å². The van der Waals surface area contributed by atoms with Crippen molar-refractivity contribution in [2.45, 2.75) is 40.0 Å². The SMILES string of the molecule is C=C/C(NC(=O)c1nc(-c2ccccc2)c(F)cc1N)=C(\C=C/C)N1CCCCC1.CC. The minimum absolute atomic E-state index is 0.0151. The van der Waals surface area contributed by atoms with Crippen LogP contribution in [-0.4, -0.2) is 28.9 Å². The lowest BCUT2D eigenvalue weighted by atomic mass is 10.1. The van der Waals surface area contributed by atoms with Gasteiger partial charge in [0.05, 0.1) is 17.1 Å². The normalized spacial score (nSPS) is 14.3. The molecule has 0 radical (unpaired) electrons. The molecule has 0 atom stereocenters. The van der Waals surface area contributed by atoms with Crippen molar-refractivity contribution in [2.75, 3.05) is 18.8 Å². The van der Waals surface area contributed by atoms with Crippen LogP contribution in [0.2, 0.25) is 0 Å². The van der Waals surface area contributed by atoms with Crippen molar-refractivity contribution in [3.8, 4) is 11.3 Å². The highest BCUT2D eigenvalue weighted by Gasteiger charge is 2.20. The van der Waals surface area contributed by atoms with Crippen LogP contribution in [0.3, 0.4) is 0 Å². The van der Waals surface area contributed by atoms with Crippen LogP contribution in [0.1, 0.15) is 50.5 Å². The molecule has 0 saturated carbocycles. The molecule has 0 bridgehead atoms. The predicted molar refractivity (Wildman–Crippen MR) is 130 cm³/mol. The minimum atomic E-state index is -0.572. The summed E-state index contributed by atoms with van der Waals surface area (Å²) in [5.41, 5.74) is 8.03. The Bertz CT molecular complexity index is 977. The van der Waals surface area contributed by atoms with Crippen LogP contribution in [0.25, 0.3) is 11.3 Å². The monoisotopic (exact) mass is 436 g/mol. The summed E-state index contributed by atoms with van der Waals surface area (Å²) in [6.45, 7) is 11.6. The third kappa shape index (κ3) is 6.06. The number of nitrogens with two attached hydrogens (primary N) is 1. The Labute approximate surface area is 190 Å². The highest BCUT2D eigenvalue weighted by Crippen LogP contribution is 2.25. The van der Waals surface area contributed by atoms with E-state index in [2.05, 4.69) is 21.8 Å². The molecule has 0 aliphatic carbocycles. The number of carbonyl (C=O) groups excluding carboxylic acids is 1. The van der Waals surface area contributed by atoms with Gasteiger partial charge in [0.15, 0.2) is 11.5 Å². The fourth-order valence-corrected chi connectivity index (χ4v) is 3.54. The fourth-order valence-electron chi connectivity index (χ4n) is 3.54. The van der Waals surface area contributed by atoms with Crippen LogP contribution in [0.4, 0.5) is 10.1 Å². The number of piperidine rings is 1. The molecule has 1 saturated heterocycles. The summed E-state index contributed by atoms with van der Waals surface area (Å²) in [6.07, 6.45) is 8.91. The van der Waals surface area contributed by atoms with E-state index in [1.54, 1.807) is 30.3 Å². The Morgan fingerprint density at radius 1 is 1.19 bits per heavy atom. The van der Waals surface area contributed by atoms with E-state index in [0.717, 1.165) is 37.7 Å². The predicted octanol–water partition coefficient (Wildman–Crippen LogP) is 5.69. The third-order valence-electron chi connectivity index (χ3n) is 5.02. The van der Waals surface area contributed by atoms with Crippen molar-refractivity contribution >= 4 is 11.6 Å². The number of allylic oxidation sites excluding steroid dienone is 3. The van der Waals surface area contributed by atoms with Crippen molar-refractivity contribution in [2.24, 2.45) is 0 Å². The lowest BCUT2D eigenvalue weighted by molar-refractivity contribution is 0.0962. The number of nitrogens with zero attached hydrogens (tertiary/aromatic N) is 2. The molecule has 1 aromatic heterocycles. The molecule has 1 aliphatic heterocycles. The van der Waals surface area contributed by atoms with Crippen LogP contribution in [0, 0.1) is 5.82 Å². The minimum Gasteiger partial charge on any atom is -0.397 e. The van der Waals surface area contributed by atoms with Crippen molar-refractivity contribution in [1.82, 2.24) is 15.2 Å². The number of aromatic nitrogens is 1. The molecule has 2 aromatic rings. The molecule has 170 valence electrons. The maximum atomic E-state index is 14.5. The summed E-state index contributed by atoms with van der Waals surface area (Å²) in [6, 6.07) is 10.0. The lowest BCUT2D eigenvalue weighted by Crippen LogP contribution is -2.33. The fraction of sp³-hybridized carbons (Fsp3) is 0.308. The summed E-state index contributed by atoms with van der Waals surface area (Å²) in [5, 5.41) is 2.87. The second-order valence-corrected chi connectivity index (χ2v) is 7.13. The molecule has 6 heteroatoms.